The third-order valence-corrected chi connectivity index (χ3v) is 4.74. The fourth-order valence-corrected chi connectivity index (χ4v) is 3.29. The highest BCUT2D eigenvalue weighted by molar-refractivity contribution is 5.73. The number of rotatable bonds is 8. The molecule has 3 N–H and O–H groups in total. The number of carbonyl (C=O) groups excluding carboxylic acids is 1. The van der Waals surface area contributed by atoms with E-state index in [1.54, 1.807) is 0 Å². The Balaban J connectivity index is 1.64. The van der Waals surface area contributed by atoms with Gasteiger partial charge in [0, 0.05) is 6.92 Å². The van der Waals surface area contributed by atoms with Crippen LogP contribution in [0.15, 0.2) is 60.7 Å². The van der Waals surface area contributed by atoms with E-state index in [9.17, 15) is 15.0 Å². The molecule has 5 atom stereocenters. The number of aliphatic hydroxyl groups is 2. The minimum atomic E-state index is -1.33. The van der Waals surface area contributed by atoms with Crippen molar-refractivity contribution >= 4 is 5.91 Å². The number of aliphatic hydroxyl groups excluding tert-OH is 2. The maximum Gasteiger partial charge on any atom is 0.217 e. The summed E-state index contributed by atoms with van der Waals surface area (Å²) in [4.78, 5) is 11.6. The van der Waals surface area contributed by atoms with E-state index < -0.39 is 30.6 Å². The van der Waals surface area contributed by atoms with E-state index in [0.717, 1.165) is 11.1 Å². The van der Waals surface area contributed by atoms with Crippen LogP contribution < -0.4 is 5.32 Å². The molecule has 0 bridgehead atoms. The van der Waals surface area contributed by atoms with Crippen LogP contribution in [0.2, 0.25) is 0 Å². The smallest absolute Gasteiger partial charge is 0.217 e. The monoisotopic (exact) mass is 401 g/mol. The number of ether oxygens (including phenoxy) is 3. The summed E-state index contributed by atoms with van der Waals surface area (Å²) in [5.74, 6) is -0.350. The second-order valence-corrected chi connectivity index (χ2v) is 7.04. The molecule has 0 aromatic heterocycles. The highest BCUT2D eigenvalue weighted by Crippen LogP contribution is 2.24. The summed E-state index contributed by atoms with van der Waals surface area (Å²) in [6, 6.07) is 18.2. The second kappa shape index (κ2) is 10.5. The SMILES string of the molecule is CC(=O)NC1C(OCc2ccccc2)[C@H](O)C(COCc2ccccc2)O[C@H]1O. The molecule has 7 nitrogen and oxygen atoms in total. The van der Waals surface area contributed by atoms with Gasteiger partial charge in [0.2, 0.25) is 5.91 Å². The summed E-state index contributed by atoms with van der Waals surface area (Å²) in [6.45, 7) is 1.99. The van der Waals surface area contributed by atoms with Gasteiger partial charge < -0.3 is 29.7 Å². The molecule has 1 fully saturated rings. The first-order valence-corrected chi connectivity index (χ1v) is 9.60. The Labute approximate surface area is 170 Å². The molecule has 0 saturated carbocycles. The van der Waals surface area contributed by atoms with Crippen molar-refractivity contribution in [1.82, 2.24) is 5.32 Å². The van der Waals surface area contributed by atoms with Crippen molar-refractivity contribution in [2.75, 3.05) is 6.61 Å². The summed E-state index contributed by atoms with van der Waals surface area (Å²) >= 11 is 0. The molecule has 7 heteroatoms. The van der Waals surface area contributed by atoms with Crippen molar-refractivity contribution in [2.24, 2.45) is 0 Å². The van der Waals surface area contributed by atoms with Gasteiger partial charge in [-0.05, 0) is 11.1 Å². The molecule has 3 unspecified atom stereocenters. The molecule has 1 saturated heterocycles. The number of hydrogen-bond acceptors (Lipinski definition) is 6. The number of hydrogen-bond donors (Lipinski definition) is 3. The molecule has 1 heterocycles. The Hall–Kier alpha value is -2.29. The van der Waals surface area contributed by atoms with Gasteiger partial charge in [0.15, 0.2) is 6.29 Å². The number of benzene rings is 2. The first kappa shape index (κ1) is 21.4. The Morgan fingerprint density at radius 1 is 1.00 bits per heavy atom. The molecule has 2 aromatic carbocycles. The summed E-state index contributed by atoms with van der Waals surface area (Å²) in [6.07, 6.45) is -4.06. The lowest BCUT2D eigenvalue weighted by molar-refractivity contribution is -0.266. The van der Waals surface area contributed by atoms with Crippen LogP contribution in [0.25, 0.3) is 0 Å². The standard InChI is InChI=1S/C22H27NO6/c1-15(24)23-19-21(28-13-17-10-6-3-7-11-17)20(25)18(29-22(19)26)14-27-12-16-8-4-2-5-9-16/h2-11,18-22,25-26H,12-14H2,1H3,(H,23,24)/t18?,19?,20-,21?,22-/m1/s1. The Morgan fingerprint density at radius 2 is 1.59 bits per heavy atom. The summed E-state index contributed by atoms with van der Waals surface area (Å²) in [7, 11) is 0. The average Bonchev–Trinajstić information content (AvgIpc) is 2.72. The Morgan fingerprint density at radius 3 is 2.17 bits per heavy atom. The third kappa shape index (κ3) is 6.09. The van der Waals surface area contributed by atoms with Crippen LogP contribution in [-0.4, -0.2) is 53.4 Å². The fraction of sp³-hybridized carbons (Fsp3) is 0.409. The van der Waals surface area contributed by atoms with Crippen LogP contribution in [0.5, 0.6) is 0 Å². The molecule has 0 aliphatic carbocycles. The van der Waals surface area contributed by atoms with Crippen LogP contribution in [-0.2, 0) is 32.2 Å². The Bertz CT molecular complexity index is 756. The lowest BCUT2D eigenvalue weighted by atomic mass is 9.96. The van der Waals surface area contributed by atoms with Gasteiger partial charge in [-0.25, -0.2) is 0 Å². The van der Waals surface area contributed by atoms with E-state index in [2.05, 4.69) is 5.32 Å². The molecule has 1 aliphatic rings. The lowest BCUT2D eigenvalue weighted by Gasteiger charge is -2.42. The number of carbonyl (C=O) groups is 1. The zero-order valence-corrected chi connectivity index (χ0v) is 16.3. The largest absolute Gasteiger partial charge is 0.388 e. The maximum atomic E-state index is 11.6. The normalized spacial score (nSPS) is 26.8. The van der Waals surface area contributed by atoms with Crippen LogP contribution in [0.4, 0.5) is 0 Å². The lowest BCUT2D eigenvalue weighted by Crippen LogP contribution is -2.64. The number of nitrogens with one attached hydrogen (secondary N) is 1. The van der Waals surface area contributed by atoms with Crippen LogP contribution in [0, 0.1) is 0 Å². The Kier molecular flexibility index (Phi) is 7.74. The van der Waals surface area contributed by atoms with Crippen molar-refractivity contribution in [3.05, 3.63) is 71.8 Å². The molecular weight excluding hydrogens is 374 g/mol. The van der Waals surface area contributed by atoms with E-state index in [4.69, 9.17) is 14.2 Å². The van der Waals surface area contributed by atoms with Crippen molar-refractivity contribution in [3.63, 3.8) is 0 Å². The van der Waals surface area contributed by atoms with Crippen LogP contribution in [0.3, 0.4) is 0 Å². The van der Waals surface area contributed by atoms with Gasteiger partial charge >= 0.3 is 0 Å². The zero-order chi connectivity index (χ0) is 20.6. The molecule has 0 spiro atoms. The molecule has 3 rings (SSSR count). The van der Waals surface area contributed by atoms with Crippen molar-refractivity contribution in [2.45, 2.75) is 50.8 Å². The highest BCUT2D eigenvalue weighted by Gasteiger charge is 2.46. The number of amides is 1. The van der Waals surface area contributed by atoms with Gasteiger partial charge in [-0.2, -0.15) is 0 Å². The topological polar surface area (TPSA) is 97.3 Å². The summed E-state index contributed by atoms with van der Waals surface area (Å²) in [5, 5.41) is 23.8. The maximum absolute atomic E-state index is 11.6. The molecule has 2 aromatic rings. The third-order valence-electron chi connectivity index (χ3n) is 4.74. The van der Waals surface area contributed by atoms with E-state index in [-0.39, 0.29) is 19.1 Å². The highest BCUT2D eigenvalue weighted by atomic mass is 16.6. The van der Waals surface area contributed by atoms with E-state index in [1.165, 1.54) is 6.92 Å². The van der Waals surface area contributed by atoms with Crippen LogP contribution >= 0.6 is 0 Å². The minimum Gasteiger partial charge on any atom is -0.388 e. The van der Waals surface area contributed by atoms with Gasteiger partial charge in [0.05, 0.1) is 19.8 Å². The van der Waals surface area contributed by atoms with Gasteiger partial charge in [0.25, 0.3) is 0 Å². The second-order valence-electron chi connectivity index (χ2n) is 7.04. The summed E-state index contributed by atoms with van der Waals surface area (Å²) < 4.78 is 17.1. The van der Waals surface area contributed by atoms with E-state index in [1.807, 2.05) is 60.7 Å². The van der Waals surface area contributed by atoms with Crippen molar-refractivity contribution in [3.8, 4) is 0 Å². The molecule has 29 heavy (non-hydrogen) atoms. The molecule has 156 valence electrons. The minimum absolute atomic E-state index is 0.0745. The molecular formula is C22H27NO6. The van der Waals surface area contributed by atoms with Gasteiger partial charge in [0.1, 0.15) is 24.4 Å². The fourth-order valence-electron chi connectivity index (χ4n) is 3.29. The first-order chi connectivity index (χ1) is 14.0. The van der Waals surface area contributed by atoms with Gasteiger partial charge in [-0.1, -0.05) is 60.7 Å². The zero-order valence-electron chi connectivity index (χ0n) is 16.3. The van der Waals surface area contributed by atoms with Crippen molar-refractivity contribution in [1.29, 1.82) is 0 Å². The van der Waals surface area contributed by atoms with Gasteiger partial charge in [-0.3, -0.25) is 4.79 Å². The average molecular weight is 401 g/mol. The van der Waals surface area contributed by atoms with E-state index in [0.29, 0.717) is 6.61 Å². The molecule has 1 amide bonds. The summed E-state index contributed by atoms with van der Waals surface area (Å²) in [5.41, 5.74) is 1.91. The molecule has 1 aliphatic heterocycles. The van der Waals surface area contributed by atoms with Crippen LogP contribution in [0.1, 0.15) is 18.1 Å². The van der Waals surface area contributed by atoms with Gasteiger partial charge in [-0.15, -0.1) is 0 Å². The molecule has 0 radical (unpaired) electrons. The van der Waals surface area contributed by atoms with E-state index >= 15 is 0 Å². The van der Waals surface area contributed by atoms with Crippen molar-refractivity contribution < 1.29 is 29.2 Å². The predicted molar refractivity (Wildman–Crippen MR) is 106 cm³/mol. The quantitative estimate of drug-likeness (QED) is 0.618. The predicted octanol–water partition coefficient (Wildman–Crippen LogP) is 1.37. The first-order valence-electron chi connectivity index (χ1n) is 9.60.